The van der Waals surface area contributed by atoms with Crippen LogP contribution in [-0.2, 0) is 5.41 Å². The molecule has 0 saturated heterocycles. The molecule has 0 bridgehead atoms. The van der Waals surface area contributed by atoms with Crippen LogP contribution in [0, 0.1) is 0 Å². The molecule has 1 heterocycles. The normalized spacial score (nSPS) is 11.9. The Hall–Kier alpha value is -0.300. The molecule has 1 aromatic rings. The Bertz CT molecular complexity index is 374. The van der Waals surface area contributed by atoms with Crippen LogP contribution < -0.4 is 10.6 Å². The summed E-state index contributed by atoms with van der Waals surface area (Å²) >= 11 is 1.81. The molecule has 0 unspecified atom stereocenters. The third kappa shape index (κ3) is 6.92. The van der Waals surface area contributed by atoms with Gasteiger partial charge in [-0.25, -0.2) is 0 Å². The van der Waals surface area contributed by atoms with Crippen LogP contribution in [0.15, 0.2) is 22.5 Å². The summed E-state index contributed by atoms with van der Waals surface area (Å²) in [5.41, 5.74) is 0.0985. The minimum Gasteiger partial charge on any atom is -0.357 e. The number of thiophene rings is 1. The van der Waals surface area contributed by atoms with E-state index in [1.165, 1.54) is 17.7 Å². The number of rotatable bonds is 7. The topological polar surface area (TPSA) is 36.4 Å². The van der Waals surface area contributed by atoms with E-state index in [4.69, 9.17) is 4.99 Å². The van der Waals surface area contributed by atoms with Gasteiger partial charge in [-0.05, 0) is 24.8 Å². The van der Waals surface area contributed by atoms with Crippen molar-refractivity contribution < 1.29 is 0 Å². The summed E-state index contributed by atoms with van der Waals surface area (Å²) in [6.45, 7) is 11.5. The first-order valence-electron chi connectivity index (χ1n) is 7.16. The number of unbranched alkanes of at least 4 members (excludes halogenated alkanes) is 1. The lowest BCUT2D eigenvalue weighted by Crippen LogP contribution is -2.38. The van der Waals surface area contributed by atoms with Crippen LogP contribution in [0.1, 0.15) is 45.4 Å². The predicted molar refractivity (Wildman–Crippen MR) is 102 cm³/mol. The Morgan fingerprint density at radius 2 is 2.05 bits per heavy atom. The van der Waals surface area contributed by atoms with E-state index in [2.05, 4.69) is 55.8 Å². The number of hydrogen-bond donors (Lipinski definition) is 2. The largest absolute Gasteiger partial charge is 0.357 e. The van der Waals surface area contributed by atoms with E-state index in [1.807, 2.05) is 0 Å². The number of nitrogens with one attached hydrogen (secondary N) is 2. The second-order valence-electron chi connectivity index (χ2n) is 5.34. The van der Waals surface area contributed by atoms with Crippen molar-refractivity contribution in [2.24, 2.45) is 4.99 Å². The lowest BCUT2D eigenvalue weighted by molar-refractivity contribution is 0.548. The number of nitrogens with zero attached hydrogens (tertiary/aromatic N) is 1. The molecule has 5 heteroatoms. The molecule has 0 saturated carbocycles. The van der Waals surface area contributed by atoms with Gasteiger partial charge >= 0.3 is 0 Å². The van der Waals surface area contributed by atoms with Crippen molar-refractivity contribution in [1.82, 2.24) is 10.6 Å². The van der Waals surface area contributed by atoms with Crippen molar-refractivity contribution in [3.8, 4) is 0 Å². The van der Waals surface area contributed by atoms with Gasteiger partial charge in [0, 0.05) is 23.4 Å². The Balaban J connectivity index is 0.00000361. The van der Waals surface area contributed by atoms with Gasteiger partial charge in [-0.1, -0.05) is 33.3 Å². The molecule has 3 nitrogen and oxygen atoms in total. The fourth-order valence-corrected chi connectivity index (χ4v) is 2.59. The highest BCUT2D eigenvalue weighted by atomic mass is 127. The van der Waals surface area contributed by atoms with E-state index in [0.29, 0.717) is 0 Å². The molecule has 20 heavy (non-hydrogen) atoms. The Labute approximate surface area is 144 Å². The molecular formula is C15H28IN3S. The van der Waals surface area contributed by atoms with Gasteiger partial charge in [-0.3, -0.25) is 4.99 Å². The molecule has 0 fully saturated rings. The minimum absolute atomic E-state index is 0. The first-order chi connectivity index (χ1) is 9.10. The lowest BCUT2D eigenvalue weighted by atomic mass is 9.92. The third-order valence-electron chi connectivity index (χ3n) is 2.99. The average molecular weight is 409 g/mol. The highest BCUT2D eigenvalue weighted by Gasteiger charge is 2.21. The van der Waals surface area contributed by atoms with E-state index >= 15 is 0 Å². The Morgan fingerprint density at radius 3 is 2.60 bits per heavy atom. The standard InChI is InChI=1S/C15H27N3S.HI/c1-5-7-10-17-14(16-6-2)18-12-15(3,4)13-9-8-11-19-13;/h8-9,11H,5-7,10,12H2,1-4H3,(H2,16,17,18);1H. The molecule has 116 valence electrons. The second kappa shape index (κ2) is 10.4. The first kappa shape index (κ1) is 19.7. The summed E-state index contributed by atoms with van der Waals surface area (Å²) in [6, 6.07) is 4.30. The summed E-state index contributed by atoms with van der Waals surface area (Å²) < 4.78 is 0. The van der Waals surface area contributed by atoms with Gasteiger partial charge in [0.15, 0.2) is 5.96 Å². The highest BCUT2D eigenvalue weighted by molar-refractivity contribution is 14.0. The van der Waals surface area contributed by atoms with Crippen molar-refractivity contribution in [1.29, 1.82) is 0 Å². The molecule has 0 aliphatic carbocycles. The lowest BCUT2D eigenvalue weighted by Gasteiger charge is -2.21. The van der Waals surface area contributed by atoms with Crippen LogP contribution in [-0.4, -0.2) is 25.6 Å². The van der Waals surface area contributed by atoms with Gasteiger partial charge in [0.2, 0.25) is 0 Å². The van der Waals surface area contributed by atoms with Gasteiger partial charge in [0.25, 0.3) is 0 Å². The van der Waals surface area contributed by atoms with Crippen LogP contribution in [0.25, 0.3) is 0 Å². The van der Waals surface area contributed by atoms with Crippen molar-refractivity contribution in [2.45, 2.75) is 46.0 Å². The molecule has 0 radical (unpaired) electrons. The fraction of sp³-hybridized carbons (Fsp3) is 0.667. The summed E-state index contributed by atoms with van der Waals surface area (Å²) in [5, 5.41) is 8.81. The van der Waals surface area contributed by atoms with Gasteiger partial charge in [0.1, 0.15) is 0 Å². The molecule has 0 atom stereocenters. The van der Waals surface area contributed by atoms with Crippen LogP contribution >= 0.6 is 35.3 Å². The zero-order valence-corrected chi connectivity index (χ0v) is 16.2. The molecule has 0 aliphatic heterocycles. The molecule has 1 aromatic heterocycles. The summed E-state index contributed by atoms with van der Waals surface area (Å²) in [7, 11) is 0. The van der Waals surface area contributed by atoms with Crippen molar-refractivity contribution >= 4 is 41.3 Å². The number of halogens is 1. The maximum absolute atomic E-state index is 4.71. The van der Waals surface area contributed by atoms with E-state index in [-0.39, 0.29) is 29.4 Å². The van der Waals surface area contributed by atoms with Crippen molar-refractivity contribution in [3.05, 3.63) is 22.4 Å². The monoisotopic (exact) mass is 409 g/mol. The van der Waals surface area contributed by atoms with E-state index in [1.54, 1.807) is 11.3 Å². The molecule has 0 aromatic carbocycles. The van der Waals surface area contributed by atoms with Gasteiger partial charge < -0.3 is 10.6 Å². The quantitative estimate of drug-likeness (QED) is 0.309. The van der Waals surface area contributed by atoms with Gasteiger partial charge in [-0.2, -0.15) is 0 Å². The van der Waals surface area contributed by atoms with Crippen LogP contribution in [0.2, 0.25) is 0 Å². The smallest absolute Gasteiger partial charge is 0.191 e. The molecule has 0 amide bonds. The molecular weight excluding hydrogens is 381 g/mol. The van der Waals surface area contributed by atoms with Crippen LogP contribution in [0.5, 0.6) is 0 Å². The highest BCUT2D eigenvalue weighted by Crippen LogP contribution is 2.27. The molecule has 1 rings (SSSR count). The second-order valence-corrected chi connectivity index (χ2v) is 6.28. The van der Waals surface area contributed by atoms with E-state index in [0.717, 1.165) is 25.6 Å². The fourth-order valence-electron chi connectivity index (χ4n) is 1.74. The maximum atomic E-state index is 4.71. The first-order valence-corrected chi connectivity index (χ1v) is 8.04. The molecule has 0 aliphatic rings. The van der Waals surface area contributed by atoms with E-state index < -0.39 is 0 Å². The van der Waals surface area contributed by atoms with Crippen LogP contribution in [0.4, 0.5) is 0 Å². The van der Waals surface area contributed by atoms with Gasteiger partial charge in [-0.15, -0.1) is 35.3 Å². The van der Waals surface area contributed by atoms with Crippen LogP contribution in [0.3, 0.4) is 0 Å². The number of guanidine groups is 1. The summed E-state index contributed by atoms with van der Waals surface area (Å²) in [5.74, 6) is 0.931. The summed E-state index contributed by atoms with van der Waals surface area (Å²) in [6.07, 6.45) is 2.38. The SMILES string of the molecule is CCCCNC(=NCC(C)(C)c1cccs1)NCC.I. The van der Waals surface area contributed by atoms with E-state index in [9.17, 15) is 0 Å². The molecule has 0 spiro atoms. The number of hydrogen-bond acceptors (Lipinski definition) is 2. The number of aliphatic imine (C=N–C) groups is 1. The predicted octanol–water partition coefficient (Wildman–Crippen LogP) is 4.00. The zero-order valence-electron chi connectivity index (χ0n) is 13.0. The Kier molecular flexibility index (Phi) is 10.3. The zero-order chi connectivity index (χ0) is 14.1. The summed E-state index contributed by atoms with van der Waals surface area (Å²) in [4.78, 5) is 6.10. The minimum atomic E-state index is 0. The van der Waals surface area contributed by atoms with Crippen molar-refractivity contribution in [3.63, 3.8) is 0 Å². The van der Waals surface area contributed by atoms with Crippen molar-refractivity contribution in [2.75, 3.05) is 19.6 Å². The average Bonchev–Trinajstić information content (AvgIpc) is 2.91. The Morgan fingerprint density at radius 1 is 1.30 bits per heavy atom. The maximum Gasteiger partial charge on any atom is 0.191 e. The molecule has 2 N–H and O–H groups in total. The van der Waals surface area contributed by atoms with Gasteiger partial charge in [0.05, 0.1) is 6.54 Å². The third-order valence-corrected chi connectivity index (χ3v) is 4.22.